The van der Waals surface area contributed by atoms with Crippen molar-refractivity contribution in [1.82, 2.24) is 10.3 Å². The van der Waals surface area contributed by atoms with Gasteiger partial charge in [0.15, 0.2) is 0 Å². The van der Waals surface area contributed by atoms with E-state index in [2.05, 4.69) is 10.3 Å². The van der Waals surface area contributed by atoms with Gasteiger partial charge in [0.25, 0.3) is 5.91 Å². The van der Waals surface area contributed by atoms with Crippen molar-refractivity contribution in [1.29, 1.82) is 0 Å². The monoisotopic (exact) mass is 262 g/mol. The molecule has 1 N–H and O–H groups in total. The minimum absolute atomic E-state index is 0.155. The van der Waals surface area contributed by atoms with Gasteiger partial charge in [-0.05, 0) is 24.6 Å². The van der Waals surface area contributed by atoms with E-state index in [1.165, 1.54) is 11.3 Å². The highest BCUT2D eigenvalue weighted by atomic mass is 32.1. The van der Waals surface area contributed by atoms with Crippen molar-refractivity contribution in [2.45, 2.75) is 13.5 Å². The van der Waals surface area contributed by atoms with E-state index in [1.807, 2.05) is 31.2 Å². The Bertz CT molecular complexity index is 511. The molecule has 0 bridgehead atoms. The molecule has 0 saturated carbocycles. The molecule has 94 valence electrons. The minimum Gasteiger partial charge on any atom is -0.494 e. The van der Waals surface area contributed by atoms with Crippen LogP contribution in [0.5, 0.6) is 5.75 Å². The van der Waals surface area contributed by atoms with Crippen LogP contribution in [0.4, 0.5) is 0 Å². The summed E-state index contributed by atoms with van der Waals surface area (Å²) in [6.07, 6.45) is 0. The topological polar surface area (TPSA) is 51.2 Å². The smallest absolute Gasteiger partial charge is 0.271 e. The predicted molar refractivity (Wildman–Crippen MR) is 70.9 cm³/mol. The van der Waals surface area contributed by atoms with Crippen molar-refractivity contribution in [2.24, 2.45) is 0 Å². The Balaban J connectivity index is 1.93. The van der Waals surface area contributed by atoms with Crippen LogP contribution in [0.2, 0.25) is 0 Å². The zero-order valence-corrected chi connectivity index (χ0v) is 10.9. The fourth-order valence-corrected chi connectivity index (χ4v) is 2.04. The van der Waals surface area contributed by atoms with Gasteiger partial charge in [0.05, 0.1) is 12.1 Å². The van der Waals surface area contributed by atoms with Crippen LogP contribution in [-0.4, -0.2) is 17.5 Å². The standard InChI is InChI=1S/C13H14N2O2S/c1-2-17-11-5-3-4-10(6-11)7-14-13(16)12-8-18-9-15-12/h3-6,8-9H,2,7H2,1H3,(H,14,16). The van der Waals surface area contributed by atoms with Crippen molar-refractivity contribution in [3.05, 3.63) is 46.4 Å². The third kappa shape index (κ3) is 3.30. The summed E-state index contributed by atoms with van der Waals surface area (Å²) < 4.78 is 5.40. The van der Waals surface area contributed by atoms with Crippen molar-refractivity contribution in [3.63, 3.8) is 0 Å². The van der Waals surface area contributed by atoms with Crippen molar-refractivity contribution in [2.75, 3.05) is 6.61 Å². The molecule has 0 atom stereocenters. The molecule has 18 heavy (non-hydrogen) atoms. The van der Waals surface area contributed by atoms with Crippen LogP contribution in [0.3, 0.4) is 0 Å². The van der Waals surface area contributed by atoms with E-state index in [4.69, 9.17) is 4.74 Å². The van der Waals surface area contributed by atoms with Crippen molar-refractivity contribution >= 4 is 17.2 Å². The first kappa shape index (κ1) is 12.6. The van der Waals surface area contributed by atoms with Crippen LogP contribution < -0.4 is 10.1 Å². The summed E-state index contributed by atoms with van der Waals surface area (Å²) in [6.45, 7) is 3.04. The number of hydrogen-bond donors (Lipinski definition) is 1. The van der Waals surface area contributed by atoms with Gasteiger partial charge in [-0.2, -0.15) is 0 Å². The lowest BCUT2D eigenvalue weighted by Gasteiger charge is -2.06. The van der Waals surface area contributed by atoms with Gasteiger partial charge >= 0.3 is 0 Å². The SMILES string of the molecule is CCOc1cccc(CNC(=O)c2cscn2)c1. The van der Waals surface area contributed by atoms with Crippen LogP contribution in [0.1, 0.15) is 23.0 Å². The summed E-state index contributed by atoms with van der Waals surface area (Å²) >= 11 is 1.41. The molecule has 2 aromatic rings. The maximum absolute atomic E-state index is 11.7. The number of nitrogens with zero attached hydrogens (tertiary/aromatic N) is 1. The molecule has 0 fully saturated rings. The number of rotatable bonds is 5. The van der Waals surface area contributed by atoms with Gasteiger partial charge in [-0.25, -0.2) is 4.98 Å². The molecule has 0 aliphatic rings. The molecule has 2 rings (SSSR count). The fraction of sp³-hybridized carbons (Fsp3) is 0.231. The third-order valence-electron chi connectivity index (χ3n) is 2.33. The Labute approximate surface area is 110 Å². The summed E-state index contributed by atoms with van der Waals surface area (Å²) in [6, 6.07) is 7.68. The molecule has 1 heterocycles. The lowest BCUT2D eigenvalue weighted by molar-refractivity contribution is 0.0946. The second-order valence-electron chi connectivity index (χ2n) is 3.64. The predicted octanol–water partition coefficient (Wildman–Crippen LogP) is 2.47. The fourth-order valence-electron chi connectivity index (χ4n) is 1.51. The molecule has 1 aromatic carbocycles. The first-order chi connectivity index (χ1) is 8.79. The molecule has 5 heteroatoms. The molecule has 0 aliphatic carbocycles. The number of benzene rings is 1. The maximum Gasteiger partial charge on any atom is 0.271 e. The first-order valence-electron chi connectivity index (χ1n) is 5.67. The number of ether oxygens (including phenoxy) is 1. The van der Waals surface area contributed by atoms with E-state index < -0.39 is 0 Å². The number of carbonyl (C=O) groups excluding carboxylic acids is 1. The Morgan fingerprint density at radius 3 is 3.11 bits per heavy atom. The number of thiazole rings is 1. The molecule has 0 unspecified atom stereocenters. The summed E-state index contributed by atoms with van der Waals surface area (Å²) in [5.74, 6) is 0.663. The quantitative estimate of drug-likeness (QED) is 0.900. The highest BCUT2D eigenvalue weighted by molar-refractivity contribution is 7.07. The highest BCUT2D eigenvalue weighted by Gasteiger charge is 2.06. The summed E-state index contributed by atoms with van der Waals surface area (Å²) in [5.41, 5.74) is 3.11. The van der Waals surface area contributed by atoms with E-state index in [1.54, 1.807) is 10.9 Å². The van der Waals surface area contributed by atoms with E-state index in [0.29, 0.717) is 18.8 Å². The van der Waals surface area contributed by atoms with Crippen molar-refractivity contribution in [3.8, 4) is 5.75 Å². The van der Waals surface area contributed by atoms with Gasteiger partial charge in [-0.15, -0.1) is 11.3 Å². The van der Waals surface area contributed by atoms with Gasteiger partial charge in [0.1, 0.15) is 11.4 Å². The number of carbonyl (C=O) groups is 1. The van der Waals surface area contributed by atoms with E-state index in [-0.39, 0.29) is 5.91 Å². The second-order valence-corrected chi connectivity index (χ2v) is 4.36. The van der Waals surface area contributed by atoms with Crippen molar-refractivity contribution < 1.29 is 9.53 Å². The van der Waals surface area contributed by atoms with Crippen LogP contribution in [0.25, 0.3) is 0 Å². The van der Waals surface area contributed by atoms with Gasteiger partial charge < -0.3 is 10.1 Å². The molecule has 1 aromatic heterocycles. The Morgan fingerprint density at radius 1 is 1.50 bits per heavy atom. The number of hydrogen-bond acceptors (Lipinski definition) is 4. The molecule has 0 spiro atoms. The third-order valence-corrected chi connectivity index (χ3v) is 2.91. The van der Waals surface area contributed by atoms with Gasteiger partial charge in [-0.3, -0.25) is 4.79 Å². The molecule has 1 amide bonds. The molecular formula is C13H14N2O2S. The summed E-state index contributed by atoms with van der Waals surface area (Å²) in [7, 11) is 0. The maximum atomic E-state index is 11.7. The van der Waals surface area contributed by atoms with Crippen LogP contribution in [-0.2, 0) is 6.54 Å². The lowest BCUT2D eigenvalue weighted by Crippen LogP contribution is -2.22. The number of nitrogens with one attached hydrogen (secondary N) is 1. The minimum atomic E-state index is -0.155. The normalized spacial score (nSPS) is 10.1. The molecule has 4 nitrogen and oxygen atoms in total. The number of aromatic nitrogens is 1. The average Bonchev–Trinajstić information content (AvgIpc) is 2.91. The van der Waals surface area contributed by atoms with E-state index >= 15 is 0 Å². The highest BCUT2D eigenvalue weighted by Crippen LogP contribution is 2.13. The molecular weight excluding hydrogens is 248 g/mol. The zero-order chi connectivity index (χ0) is 12.8. The van der Waals surface area contributed by atoms with Gasteiger partial charge in [-0.1, -0.05) is 12.1 Å². The lowest BCUT2D eigenvalue weighted by atomic mass is 10.2. The molecule has 0 radical (unpaired) electrons. The van der Waals surface area contributed by atoms with Crippen LogP contribution in [0, 0.1) is 0 Å². The first-order valence-corrected chi connectivity index (χ1v) is 6.62. The molecule has 0 saturated heterocycles. The molecule has 0 aliphatic heterocycles. The van der Waals surface area contributed by atoms with E-state index in [0.717, 1.165) is 11.3 Å². The summed E-state index contributed by atoms with van der Waals surface area (Å²) in [5, 5.41) is 4.55. The zero-order valence-electron chi connectivity index (χ0n) is 10.1. The van der Waals surface area contributed by atoms with Crippen LogP contribution in [0.15, 0.2) is 35.2 Å². The largest absolute Gasteiger partial charge is 0.494 e. The Hall–Kier alpha value is -1.88. The van der Waals surface area contributed by atoms with Gasteiger partial charge in [0, 0.05) is 11.9 Å². The average molecular weight is 262 g/mol. The van der Waals surface area contributed by atoms with E-state index in [9.17, 15) is 4.79 Å². The Morgan fingerprint density at radius 2 is 2.39 bits per heavy atom. The Kier molecular flexibility index (Phi) is 4.30. The summed E-state index contributed by atoms with van der Waals surface area (Å²) in [4.78, 5) is 15.6. The van der Waals surface area contributed by atoms with Crippen LogP contribution >= 0.6 is 11.3 Å². The second kappa shape index (κ2) is 6.16. The van der Waals surface area contributed by atoms with Gasteiger partial charge in [0.2, 0.25) is 0 Å². The number of amides is 1.